The number of hydrogen-bond donors (Lipinski definition) is 0. The summed E-state index contributed by atoms with van der Waals surface area (Å²) in [5.74, 6) is 2.98. The lowest BCUT2D eigenvalue weighted by Gasteiger charge is -2.28. The maximum absolute atomic E-state index is 6.20. The molecule has 0 aromatic heterocycles. The quantitative estimate of drug-likeness (QED) is 0.737. The van der Waals surface area contributed by atoms with Gasteiger partial charge in [0.1, 0.15) is 5.75 Å². The van der Waals surface area contributed by atoms with Crippen molar-refractivity contribution in [2.45, 2.75) is 52.1 Å². The van der Waals surface area contributed by atoms with E-state index in [9.17, 15) is 0 Å². The van der Waals surface area contributed by atoms with Gasteiger partial charge in [-0.2, -0.15) is 0 Å². The first-order valence-corrected chi connectivity index (χ1v) is 6.94. The Balaban J connectivity index is 1.70. The number of benzene rings is 1. The molecule has 0 spiro atoms. The van der Waals surface area contributed by atoms with Crippen LogP contribution < -0.4 is 4.74 Å². The van der Waals surface area contributed by atoms with Gasteiger partial charge >= 0.3 is 0 Å². The predicted molar refractivity (Wildman–Crippen MR) is 70.4 cm³/mol. The highest BCUT2D eigenvalue weighted by Crippen LogP contribution is 2.43. The van der Waals surface area contributed by atoms with Crippen molar-refractivity contribution in [1.82, 2.24) is 0 Å². The summed E-state index contributed by atoms with van der Waals surface area (Å²) in [7, 11) is 0. The summed E-state index contributed by atoms with van der Waals surface area (Å²) in [5, 5.41) is 0. The highest BCUT2D eigenvalue weighted by atomic mass is 16.5. The van der Waals surface area contributed by atoms with Gasteiger partial charge in [-0.15, -0.1) is 0 Å². The van der Waals surface area contributed by atoms with Crippen LogP contribution in [-0.2, 0) is 0 Å². The third-order valence-corrected chi connectivity index (χ3v) is 4.34. The Morgan fingerprint density at radius 2 is 1.47 bits per heavy atom. The van der Waals surface area contributed by atoms with Gasteiger partial charge in [-0.05, 0) is 68.2 Å². The lowest BCUT2D eigenvalue weighted by atomic mass is 9.87. The van der Waals surface area contributed by atoms with Crippen LogP contribution in [0.1, 0.15) is 43.2 Å². The minimum Gasteiger partial charge on any atom is -0.490 e. The van der Waals surface area contributed by atoms with Gasteiger partial charge in [-0.1, -0.05) is 18.9 Å². The van der Waals surface area contributed by atoms with E-state index in [1.807, 2.05) is 0 Å². The minimum atomic E-state index is 0.474. The first kappa shape index (κ1) is 11.1. The van der Waals surface area contributed by atoms with Crippen LogP contribution in [-0.4, -0.2) is 6.10 Å². The van der Waals surface area contributed by atoms with E-state index in [4.69, 9.17) is 4.74 Å². The standard InChI is InChI=1S/C16H22O/c1-11-5-12(2)7-15(6-11)17-16-9-13-3-4-14(8-13)10-16/h5-7,13-14,16H,3-4,8-10H2,1-2H3/t13-,14+,16-. The smallest absolute Gasteiger partial charge is 0.120 e. The highest BCUT2D eigenvalue weighted by Gasteiger charge is 2.34. The molecule has 0 unspecified atom stereocenters. The zero-order valence-corrected chi connectivity index (χ0v) is 10.9. The van der Waals surface area contributed by atoms with Crippen molar-refractivity contribution in [3.05, 3.63) is 29.3 Å². The summed E-state index contributed by atoms with van der Waals surface area (Å²) in [6.07, 6.45) is 7.39. The second-order valence-corrected chi connectivity index (χ2v) is 6.08. The van der Waals surface area contributed by atoms with E-state index in [0.29, 0.717) is 6.10 Å². The molecule has 0 N–H and O–H groups in total. The van der Waals surface area contributed by atoms with Crippen molar-refractivity contribution >= 4 is 0 Å². The molecule has 1 nitrogen and oxygen atoms in total. The fourth-order valence-corrected chi connectivity index (χ4v) is 3.74. The molecule has 2 fully saturated rings. The van der Waals surface area contributed by atoms with Crippen molar-refractivity contribution in [1.29, 1.82) is 0 Å². The van der Waals surface area contributed by atoms with Crippen molar-refractivity contribution < 1.29 is 4.74 Å². The maximum Gasteiger partial charge on any atom is 0.120 e. The van der Waals surface area contributed by atoms with Crippen molar-refractivity contribution in [2.24, 2.45) is 11.8 Å². The molecule has 0 saturated heterocycles. The van der Waals surface area contributed by atoms with Crippen LogP contribution in [0.2, 0.25) is 0 Å². The van der Waals surface area contributed by atoms with E-state index in [1.165, 1.54) is 43.2 Å². The first-order valence-electron chi connectivity index (χ1n) is 6.94. The van der Waals surface area contributed by atoms with Gasteiger partial charge in [0.15, 0.2) is 0 Å². The Kier molecular flexibility index (Phi) is 2.85. The van der Waals surface area contributed by atoms with Crippen LogP contribution in [0.25, 0.3) is 0 Å². The number of fused-ring (bicyclic) bond motifs is 2. The normalized spacial score (nSPS) is 31.5. The number of ether oxygens (including phenoxy) is 1. The Morgan fingerprint density at radius 1 is 0.882 bits per heavy atom. The molecule has 2 bridgehead atoms. The maximum atomic E-state index is 6.20. The van der Waals surface area contributed by atoms with E-state index in [1.54, 1.807) is 0 Å². The van der Waals surface area contributed by atoms with Crippen molar-refractivity contribution in [2.75, 3.05) is 0 Å². The molecule has 2 aliphatic rings. The van der Waals surface area contributed by atoms with Crippen LogP contribution in [0.5, 0.6) is 5.75 Å². The van der Waals surface area contributed by atoms with Gasteiger partial charge in [0.05, 0.1) is 6.10 Å². The molecule has 0 amide bonds. The summed E-state index contributed by atoms with van der Waals surface area (Å²) in [4.78, 5) is 0. The van der Waals surface area contributed by atoms with E-state index in [2.05, 4.69) is 32.0 Å². The van der Waals surface area contributed by atoms with Crippen molar-refractivity contribution in [3.63, 3.8) is 0 Å². The molecule has 1 aromatic rings. The van der Waals surface area contributed by atoms with Gasteiger partial charge in [0, 0.05) is 0 Å². The van der Waals surface area contributed by atoms with Gasteiger partial charge < -0.3 is 4.74 Å². The third kappa shape index (κ3) is 2.48. The molecule has 3 atom stereocenters. The molecule has 2 saturated carbocycles. The SMILES string of the molecule is Cc1cc(C)cc(O[C@@H]2C[C@@H]3CC[C@@H](C3)C2)c1. The van der Waals surface area contributed by atoms with E-state index in [0.717, 1.165) is 17.6 Å². The largest absolute Gasteiger partial charge is 0.490 e. The van der Waals surface area contributed by atoms with Crippen LogP contribution >= 0.6 is 0 Å². The second-order valence-electron chi connectivity index (χ2n) is 6.08. The molecule has 0 heterocycles. The molecule has 0 aliphatic heterocycles. The molecule has 0 radical (unpaired) electrons. The summed E-state index contributed by atoms with van der Waals surface area (Å²) in [6.45, 7) is 4.29. The number of aryl methyl sites for hydroxylation is 2. The zero-order chi connectivity index (χ0) is 11.8. The summed E-state index contributed by atoms with van der Waals surface area (Å²) >= 11 is 0. The lowest BCUT2D eigenvalue weighted by molar-refractivity contribution is 0.118. The van der Waals surface area contributed by atoms with Gasteiger partial charge in [0.2, 0.25) is 0 Å². The van der Waals surface area contributed by atoms with E-state index >= 15 is 0 Å². The Labute approximate surface area is 104 Å². The van der Waals surface area contributed by atoms with Gasteiger partial charge in [0.25, 0.3) is 0 Å². The molecule has 92 valence electrons. The average Bonchev–Trinajstić information content (AvgIpc) is 2.56. The Bertz CT molecular complexity index is 378. The molecule has 1 heteroatoms. The fraction of sp³-hybridized carbons (Fsp3) is 0.625. The van der Waals surface area contributed by atoms with Crippen LogP contribution in [0, 0.1) is 25.7 Å². The van der Waals surface area contributed by atoms with E-state index in [-0.39, 0.29) is 0 Å². The highest BCUT2D eigenvalue weighted by molar-refractivity contribution is 5.33. The van der Waals surface area contributed by atoms with Crippen LogP contribution in [0.4, 0.5) is 0 Å². The minimum absolute atomic E-state index is 0.474. The van der Waals surface area contributed by atoms with Gasteiger partial charge in [-0.3, -0.25) is 0 Å². The van der Waals surface area contributed by atoms with Crippen LogP contribution in [0.3, 0.4) is 0 Å². The Hall–Kier alpha value is -0.980. The van der Waals surface area contributed by atoms with Gasteiger partial charge in [-0.25, -0.2) is 0 Å². The summed E-state index contributed by atoms with van der Waals surface area (Å²) in [5.41, 5.74) is 2.61. The fourth-order valence-electron chi connectivity index (χ4n) is 3.74. The second kappa shape index (κ2) is 4.36. The molecule has 1 aromatic carbocycles. The van der Waals surface area contributed by atoms with Crippen molar-refractivity contribution in [3.8, 4) is 5.75 Å². The monoisotopic (exact) mass is 230 g/mol. The first-order chi connectivity index (χ1) is 8.19. The molecular formula is C16H22O. The molecule has 17 heavy (non-hydrogen) atoms. The number of hydrogen-bond acceptors (Lipinski definition) is 1. The molecule has 2 aliphatic carbocycles. The zero-order valence-electron chi connectivity index (χ0n) is 10.9. The topological polar surface area (TPSA) is 9.23 Å². The Morgan fingerprint density at radius 3 is 2.06 bits per heavy atom. The molecule has 3 rings (SSSR count). The third-order valence-electron chi connectivity index (χ3n) is 4.34. The van der Waals surface area contributed by atoms with Crippen LogP contribution in [0.15, 0.2) is 18.2 Å². The summed E-state index contributed by atoms with van der Waals surface area (Å²) < 4.78 is 6.20. The predicted octanol–water partition coefficient (Wildman–Crippen LogP) is 4.26. The average molecular weight is 230 g/mol. The summed E-state index contributed by atoms with van der Waals surface area (Å²) in [6, 6.07) is 6.55. The molecular weight excluding hydrogens is 208 g/mol. The number of rotatable bonds is 2. The van der Waals surface area contributed by atoms with E-state index < -0.39 is 0 Å². The lowest BCUT2D eigenvalue weighted by Crippen LogP contribution is -2.26.